The average molecular weight is 442 g/mol. The molecule has 9 heteroatoms. The van der Waals surface area contributed by atoms with Gasteiger partial charge in [0.1, 0.15) is 5.82 Å². The Bertz CT molecular complexity index is 922. The third-order valence-corrected chi connectivity index (χ3v) is 5.90. The van der Waals surface area contributed by atoms with Crippen molar-refractivity contribution in [3.8, 4) is 0 Å². The van der Waals surface area contributed by atoms with E-state index in [1.165, 1.54) is 24.3 Å². The molecule has 2 aliphatic rings. The fourth-order valence-electron chi connectivity index (χ4n) is 3.97. The lowest BCUT2D eigenvalue weighted by Crippen LogP contribution is -2.53. The summed E-state index contributed by atoms with van der Waals surface area (Å²) in [4.78, 5) is 19.8. The van der Waals surface area contributed by atoms with E-state index in [2.05, 4.69) is 15.1 Å². The molecule has 2 heterocycles. The van der Waals surface area contributed by atoms with Crippen molar-refractivity contribution in [2.24, 2.45) is 10.9 Å². The second kappa shape index (κ2) is 10.4. The molecular formula is C23H28FN5O3. The van der Waals surface area contributed by atoms with Crippen LogP contribution < -0.4 is 10.2 Å². The van der Waals surface area contributed by atoms with Gasteiger partial charge in [0.25, 0.3) is 5.69 Å². The van der Waals surface area contributed by atoms with E-state index in [0.29, 0.717) is 12.5 Å². The summed E-state index contributed by atoms with van der Waals surface area (Å²) in [6, 6.07) is 13.1. The molecule has 0 aliphatic carbocycles. The number of rotatable bonds is 6. The molecule has 2 aliphatic heterocycles. The van der Waals surface area contributed by atoms with Gasteiger partial charge in [0, 0.05) is 63.1 Å². The maximum absolute atomic E-state index is 13.2. The van der Waals surface area contributed by atoms with Gasteiger partial charge in [0.2, 0.25) is 0 Å². The molecule has 2 aromatic carbocycles. The first kappa shape index (κ1) is 22.0. The van der Waals surface area contributed by atoms with Gasteiger partial charge in [0.15, 0.2) is 5.96 Å². The molecule has 8 nitrogen and oxygen atoms in total. The lowest BCUT2D eigenvalue weighted by atomic mass is 10.1. The van der Waals surface area contributed by atoms with Crippen LogP contribution in [0.25, 0.3) is 0 Å². The van der Waals surface area contributed by atoms with Crippen LogP contribution in [-0.4, -0.2) is 61.7 Å². The third-order valence-electron chi connectivity index (χ3n) is 5.90. The predicted octanol–water partition coefficient (Wildman–Crippen LogP) is 3.04. The summed E-state index contributed by atoms with van der Waals surface area (Å²) in [7, 11) is 0. The van der Waals surface area contributed by atoms with Crippen LogP contribution in [0.2, 0.25) is 0 Å². The highest BCUT2D eigenvalue weighted by molar-refractivity contribution is 5.80. The highest BCUT2D eigenvalue weighted by Gasteiger charge is 2.22. The van der Waals surface area contributed by atoms with Crippen molar-refractivity contribution in [2.75, 3.05) is 50.8 Å². The van der Waals surface area contributed by atoms with Crippen LogP contribution in [0.1, 0.15) is 12.0 Å². The van der Waals surface area contributed by atoms with Gasteiger partial charge in [-0.2, -0.15) is 0 Å². The van der Waals surface area contributed by atoms with Crippen LogP contribution in [0.5, 0.6) is 0 Å². The summed E-state index contributed by atoms with van der Waals surface area (Å²) in [6.07, 6.45) is 1.04. The van der Waals surface area contributed by atoms with E-state index in [4.69, 9.17) is 9.73 Å². The number of aliphatic imine (C=N–C) groups is 1. The number of hydrogen-bond donors (Lipinski definition) is 1. The maximum Gasteiger partial charge on any atom is 0.269 e. The van der Waals surface area contributed by atoms with E-state index in [-0.39, 0.29) is 11.5 Å². The molecule has 1 atom stereocenters. The molecule has 1 unspecified atom stereocenters. The standard InChI is InChI=1S/C23H28FN5O3/c24-20-3-7-21(8-4-20)27-10-12-28(13-11-27)23(26-16-19-9-14-32-17-19)25-15-18-1-5-22(6-2-18)29(30)31/h1-8,19H,9-17H2,(H,25,26). The zero-order chi connectivity index (χ0) is 22.3. The number of hydrogen-bond acceptors (Lipinski definition) is 5. The molecule has 170 valence electrons. The number of non-ortho nitro benzene ring substituents is 1. The number of nitro benzene ring substituents is 1. The van der Waals surface area contributed by atoms with E-state index in [1.807, 2.05) is 12.1 Å². The van der Waals surface area contributed by atoms with Crippen molar-refractivity contribution in [1.82, 2.24) is 10.2 Å². The summed E-state index contributed by atoms with van der Waals surface area (Å²) in [5.74, 6) is 1.09. The zero-order valence-corrected chi connectivity index (χ0v) is 18.0. The van der Waals surface area contributed by atoms with Crippen LogP contribution >= 0.6 is 0 Å². The van der Waals surface area contributed by atoms with Crippen LogP contribution in [0, 0.1) is 21.8 Å². The molecule has 4 rings (SSSR count). The summed E-state index contributed by atoms with van der Waals surface area (Å²) in [6.45, 7) is 6.04. The number of nitro groups is 1. The van der Waals surface area contributed by atoms with Crippen molar-refractivity contribution in [2.45, 2.75) is 13.0 Å². The van der Waals surface area contributed by atoms with Gasteiger partial charge in [-0.1, -0.05) is 12.1 Å². The van der Waals surface area contributed by atoms with Gasteiger partial charge in [-0.15, -0.1) is 0 Å². The predicted molar refractivity (Wildman–Crippen MR) is 121 cm³/mol. The molecule has 32 heavy (non-hydrogen) atoms. The molecule has 0 saturated carbocycles. The van der Waals surface area contributed by atoms with Crippen molar-refractivity contribution >= 4 is 17.3 Å². The summed E-state index contributed by atoms with van der Waals surface area (Å²) in [5.41, 5.74) is 2.02. The second-order valence-corrected chi connectivity index (χ2v) is 8.12. The van der Waals surface area contributed by atoms with Crippen LogP contribution in [-0.2, 0) is 11.3 Å². The monoisotopic (exact) mass is 441 g/mol. The number of piperazine rings is 1. The fraction of sp³-hybridized carbons (Fsp3) is 0.435. The molecule has 0 bridgehead atoms. The highest BCUT2D eigenvalue weighted by atomic mass is 19.1. The van der Waals surface area contributed by atoms with Crippen LogP contribution in [0.3, 0.4) is 0 Å². The molecule has 2 fully saturated rings. The fourth-order valence-corrected chi connectivity index (χ4v) is 3.97. The molecule has 0 amide bonds. The van der Waals surface area contributed by atoms with Gasteiger partial charge >= 0.3 is 0 Å². The van der Waals surface area contributed by atoms with E-state index < -0.39 is 4.92 Å². The Labute approximate surface area is 186 Å². The molecule has 0 spiro atoms. The Morgan fingerprint density at radius 3 is 2.47 bits per heavy atom. The average Bonchev–Trinajstić information content (AvgIpc) is 3.34. The minimum Gasteiger partial charge on any atom is -0.381 e. The topological polar surface area (TPSA) is 83.2 Å². The molecule has 2 aromatic rings. The Balaban J connectivity index is 1.40. The Morgan fingerprint density at radius 1 is 1.12 bits per heavy atom. The molecule has 1 N–H and O–H groups in total. The molecular weight excluding hydrogens is 413 g/mol. The first-order chi connectivity index (χ1) is 15.6. The SMILES string of the molecule is O=[N+]([O-])c1ccc(CN=C(NCC2CCOC2)N2CCN(c3ccc(F)cc3)CC2)cc1. The van der Waals surface area contributed by atoms with Crippen molar-refractivity contribution in [1.29, 1.82) is 0 Å². The Morgan fingerprint density at radius 2 is 1.84 bits per heavy atom. The number of anilines is 1. The van der Waals surface area contributed by atoms with Crippen LogP contribution in [0.4, 0.5) is 15.8 Å². The van der Waals surface area contributed by atoms with Gasteiger partial charge in [-0.05, 0) is 36.2 Å². The van der Waals surface area contributed by atoms with Gasteiger partial charge in [-0.3, -0.25) is 10.1 Å². The lowest BCUT2D eigenvalue weighted by Gasteiger charge is -2.38. The normalized spacial score (nSPS) is 19.3. The second-order valence-electron chi connectivity index (χ2n) is 8.12. The minimum atomic E-state index is -0.399. The van der Waals surface area contributed by atoms with Crippen molar-refractivity contribution in [3.63, 3.8) is 0 Å². The summed E-state index contributed by atoms with van der Waals surface area (Å²) < 4.78 is 18.7. The number of nitrogens with one attached hydrogen (secondary N) is 1. The smallest absolute Gasteiger partial charge is 0.269 e. The quantitative estimate of drug-likeness (QED) is 0.321. The van der Waals surface area contributed by atoms with E-state index in [9.17, 15) is 14.5 Å². The van der Waals surface area contributed by atoms with Gasteiger partial charge < -0.3 is 19.9 Å². The Kier molecular flexibility index (Phi) is 7.16. The lowest BCUT2D eigenvalue weighted by molar-refractivity contribution is -0.384. The van der Waals surface area contributed by atoms with E-state index in [0.717, 1.165) is 69.6 Å². The number of benzene rings is 2. The number of ether oxygens (including phenoxy) is 1. The van der Waals surface area contributed by atoms with Gasteiger partial charge in [0.05, 0.1) is 18.1 Å². The highest BCUT2D eigenvalue weighted by Crippen LogP contribution is 2.18. The number of guanidine groups is 1. The maximum atomic E-state index is 13.2. The summed E-state index contributed by atoms with van der Waals surface area (Å²) in [5, 5.41) is 14.4. The third kappa shape index (κ3) is 5.73. The molecule has 0 aromatic heterocycles. The summed E-state index contributed by atoms with van der Waals surface area (Å²) >= 11 is 0. The van der Waals surface area contributed by atoms with Gasteiger partial charge in [-0.25, -0.2) is 9.38 Å². The first-order valence-corrected chi connectivity index (χ1v) is 10.9. The van der Waals surface area contributed by atoms with Crippen molar-refractivity contribution < 1.29 is 14.1 Å². The van der Waals surface area contributed by atoms with E-state index >= 15 is 0 Å². The zero-order valence-electron chi connectivity index (χ0n) is 18.0. The Hall–Kier alpha value is -3.20. The number of halogens is 1. The first-order valence-electron chi connectivity index (χ1n) is 10.9. The van der Waals surface area contributed by atoms with Crippen LogP contribution in [0.15, 0.2) is 53.5 Å². The van der Waals surface area contributed by atoms with Crippen molar-refractivity contribution in [3.05, 3.63) is 70.0 Å². The minimum absolute atomic E-state index is 0.0780. The molecule has 2 saturated heterocycles. The largest absolute Gasteiger partial charge is 0.381 e. The van der Waals surface area contributed by atoms with E-state index in [1.54, 1.807) is 12.1 Å². The molecule has 0 radical (unpaired) electrons. The number of nitrogens with zero attached hydrogens (tertiary/aromatic N) is 4.